The van der Waals surface area contributed by atoms with Crippen LogP contribution in [0, 0.1) is 5.92 Å². The Morgan fingerprint density at radius 1 is 1.10 bits per heavy atom. The number of H-pyrrole nitrogens is 1. The van der Waals surface area contributed by atoms with Gasteiger partial charge >= 0.3 is 0 Å². The maximum absolute atomic E-state index is 13.8. The Morgan fingerprint density at radius 2 is 1.76 bits per heavy atom. The van der Waals surface area contributed by atoms with E-state index in [0.29, 0.717) is 53.9 Å². The predicted octanol–water partition coefficient (Wildman–Crippen LogP) is 5.67. The number of halogens is 4. The van der Waals surface area contributed by atoms with E-state index in [1.165, 1.54) is 0 Å². The van der Waals surface area contributed by atoms with Crippen LogP contribution in [0.1, 0.15) is 49.4 Å². The number of rotatable bonds is 8. The molecule has 1 N–H and O–H groups in total. The number of hydrogen-bond donors (Lipinski definition) is 1. The number of carbonyl (C=O) groups excluding carboxylic acids is 1. The first-order chi connectivity index (χ1) is 20.0. The zero-order chi connectivity index (χ0) is 29.6. The number of aromatic amines is 1. The largest absolute Gasteiger partial charge is 0.378 e. The first-order valence-electron chi connectivity index (χ1n) is 14.2. The summed E-state index contributed by atoms with van der Waals surface area (Å²) in [6.07, 6.45) is 1.39. The second kappa shape index (κ2) is 11.6. The molecule has 226 valence electrons. The van der Waals surface area contributed by atoms with Crippen molar-refractivity contribution in [2.24, 2.45) is 5.92 Å². The summed E-state index contributed by atoms with van der Waals surface area (Å²) in [5.41, 5.74) is 2.18. The second-order valence-corrected chi connectivity index (χ2v) is 14.2. The number of nitrogens with zero attached hydrogens (tertiary/aromatic N) is 3. The molecule has 3 aromatic rings. The molecule has 1 aliphatic carbocycles. The summed E-state index contributed by atoms with van der Waals surface area (Å²) >= 11 is 13.4. The zero-order valence-electron chi connectivity index (χ0n) is 22.9. The van der Waals surface area contributed by atoms with Crippen LogP contribution in [0.5, 0.6) is 0 Å². The van der Waals surface area contributed by atoms with E-state index >= 15 is 0 Å². The highest BCUT2D eigenvalue weighted by molar-refractivity contribution is 7.91. The maximum atomic E-state index is 13.8. The Bertz CT molecular complexity index is 1580. The number of benzene rings is 2. The van der Waals surface area contributed by atoms with E-state index in [-0.39, 0.29) is 59.8 Å². The number of ether oxygens (including phenoxy) is 1. The summed E-state index contributed by atoms with van der Waals surface area (Å²) in [4.78, 5) is 25.2. The molecule has 2 saturated heterocycles. The number of morpholine rings is 1. The number of piperidine rings is 1. The lowest BCUT2D eigenvalue weighted by Gasteiger charge is -2.34. The van der Waals surface area contributed by atoms with Crippen LogP contribution in [0.3, 0.4) is 0 Å². The number of anilines is 1. The molecule has 1 aromatic heterocycles. The van der Waals surface area contributed by atoms with Gasteiger partial charge in [0.2, 0.25) is 5.91 Å². The topological polar surface area (TPSA) is 95.6 Å². The van der Waals surface area contributed by atoms with Gasteiger partial charge in [0, 0.05) is 45.4 Å². The zero-order valence-corrected chi connectivity index (χ0v) is 25.2. The monoisotopic (exact) mass is 640 g/mol. The van der Waals surface area contributed by atoms with E-state index in [0.717, 1.165) is 18.4 Å². The van der Waals surface area contributed by atoms with Crippen LogP contribution in [0.4, 0.5) is 14.5 Å². The Hall–Kier alpha value is -2.47. The van der Waals surface area contributed by atoms with Gasteiger partial charge in [-0.25, -0.2) is 22.2 Å². The molecule has 8 nitrogen and oxygen atoms in total. The van der Waals surface area contributed by atoms with Gasteiger partial charge in [-0.2, -0.15) is 0 Å². The molecule has 1 amide bonds. The molecule has 0 spiro atoms. The number of imidazole rings is 1. The van der Waals surface area contributed by atoms with Gasteiger partial charge in [0.05, 0.1) is 56.5 Å². The predicted molar refractivity (Wildman–Crippen MR) is 158 cm³/mol. The lowest BCUT2D eigenvalue weighted by atomic mass is 9.94. The Labute approximate surface area is 253 Å². The van der Waals surface area contributed by atoms with Gasteiger partial charge in [-0.15, -0.1) is 0 Å². The molecular formula is C29H32Cl2F2N4O4S. The molecule has 0 bridgehead atoms. The lowest BCUT2D eigenvalue weighted by molar-refractivity contribution is -0.135. The van der Waals surface area contributed by atoms with Crippen molar-refractivity contribution in [1.82, 2.24) is 14.9 Å². The van der Waals surface area contributed by atoms with E-state index in [4.69, 9.17) is 32.9 Å². The van der Waals surface area contributed by atoms with Crippen LogP contribution in [0.25, 0.3) is 11.0 Å². The fraction of sp³-hybridized carbons (Fsp3) is 0.517. The van der Waals surface area contributed by atoms with Crippen molar-refractivity contribution in [3.8, 4) is 0 Å². The fourth-order valence-corrected chi connectivity index (χ4v) is 8.12. The SMILES string of the molecule is O=C(CC(c1ccc(S(=O)(=O)CC2CC2)cc1)c1nc2cc(Cl)c(N3CCC(F)(F)CC3)c(Cl)c2[nH]1)N1CCOCC1. The summed E-state index contributed by atoms with van der Waals surface area (Å²) < 4.78 is 58.7. The minimum absolute atomic E-state index is 0.0757. The third-order valence-corrected chi connectivity index (χ3v) is 10.9. The van der Waals surface area contributed by atoms with E-state index < -0.39 is 21.7 Å². The second-order valence-electron chi connectivity index (χ2n) is 11.4. The van der Waals surface area contributed by atoms with E-state index in [1.54, 1.807) is 40.1 Å². The first kappa shape index (κ1) is 29.6. The molecule has 0 radical (unpaired) electrons. The number of aromatic nitrogens is 2. The number of alkyl halides is 2. The van der Waals surface area contributed by atoms with Crippen LogP contribution in [0.15, 0.2) is 35.2 Å². The van der Waals surface area contributed by atoms with E-state index in [1.807, 2.05) is 0 Å². The molecular weight excluding hydrogens is 609 g/mol. The van der Waals surface area contributed by atoms with E-state index in [2.05, 4.69) is 4.98 Å². The van der Waals surface area contributed by atoms with Crippen LogP contribution in [-0.2, 0) is 19.4 Å². The molecule has 2 aliphatic heterocycles. The van der Waals surface area contributed by atoms with Crippen molar-refractivity contribution in [3.05, 3.63) is 51.8 Å². The Morgan fingerprint density at radius 3 is 2.40 bits per heavy atom. The van der Waals surface area contributed by atoms with Gasteiger partial charge < -0.3 is 19.5 Å². The molecule has 1 unspecified atom stereocenters. The maximum Gasteiger partial charge on any atom is 0.251 e. The number of fused-ring (bicyclic) bond motifs is 1. The molecule has 3 aliphatic rings. The van der Waals surface area contributed by atoms with Crippen molar-refractivity contribution in [2.75, 3.05) is 50.0 Å². The van der Waals surface area contributed by atoms with Crippen molar-refractivity contribution in [2.45, 2.75) is 48.8 Å². The van der Waals surface area contributed by atoms with Crippen LogP contribution < -0.4 is 4.90 Å². The number of nitrogens with one attached hydrogen (secondary N) is 1. The molecule has 13 heteroatoms. The average molecular weight is 642 g/mol. The number of hydrogen-bond acceptors (Lipinski definition) is 6. The smallest absolute Gasteiger partial charge is 0.251 e. The standard InChI is InChI=1S/C29H32Cl2F2N4O4S/c30-22-16-23-26(25(31)27(22)37-9-7-29(32,33)8-10-37)35-28(34-23)21(15-24(38)36-11-13-41-14-12-36)19-3-5-20(6-4-19)42(39,40)17-18-1-2-18/h3-6,16,18,21H,1-2,7-15,17H2,(H,34,35). The number of carbonyl (C=O) groups is 1. The van der Waals surface area contributed by atoms with Crippen molar-refractivity contribution < 1.29 is 26.7 Å². The number of sulfone groups is 1. The third kappa shape index (κ3) is 6.25. The minimum atomic E-state index is -3.39. The Kier molecular flexibility index (Phi) is 8.14. The summed E-state index contributed by atoms with van der Waals surface area (Å²) in [6.45, 7) is 2.15. The minimum Gasteiger partial charge on any atom is -0.378 e. The van der Waals surface area contributed by atoms with Gasteiger partial charge in [0.25, 0.3) is 5.92 Å². The summed E-state index contributed by atoms with van der Waals surface area (Å²) in [7, 11) is -3.39. The van der Waals surface area contributed by atoms with E-state index in [9.17, 15) is 22.0 Å². The summed E-state index contributed by atoms with van der Waals surface area (Å²) in [5, 5.41) is 0.586. The van der Waals surface area contributed by atoms with Crippen molar-refractivity contribution >= 4 is 55.7 Å². The average Bonchev–Trinajstić information content (AvgIpc) is 3.67. The number of amides is 1. The summed E-state index contributed by atoms with van der Waals surface area (Å²) in [6, 6.07) is 8.31. The highest BCUT2D eigenvalue weighted by Crippen LogP contribution is 2.43. The van der Waals surface area contributed by atoms with Gasteiger partial charge in [0.15, 0.2) is 9.84 Å². The summed E-state index contributed by atoms with van der Waals surface area (Å²) in [5.74, 6) is -2.47. The highest BCUT2D eigenvalue weighted by atomic mass is 35.5. The van der Waals surface area contributed by atoms with Crippen LogP contribution >= 0.6 is 23.2 Å². The fourth-order valence-electron chi connectivity index (χ4n) is 5.69. The van der Waals surface area contributed by atoms with Crippen LogP contribution in [0.2, 0.25) is 10.0 Å². The molecule has 2 aromatic carbocycles. The quantitative estimate of drug-likeness (QED) is 0.341. The molecule has 3 heterocycles. The normalized spacial score (nSPS) is 20.2. The molecule has 42 heavy (non-hydrogen) atoms. The van der Waals surface area contributed by atoms with Gasteiger partial charge in [-0.1, -0.05) is 35.3 Å². The first-order valence-corrected chi connectivity index (χ1v) is 16.6. The molecule has 1 saturated carbocycles. The Balaban J connectivity index is 1.34. The van der Waals surface area contributed by atoms with Crippen molar-refractivity contribution in [1.29, 1.82) is 0 Å². The van der Waals surface area contributed by atoms with Crippen molar-refractivity contribution in [3.63, 3.8) is 0 Å². The molecule has 6 rings (SSSR count). The van der Waals surface area contributed by atoms with Gasteiger partial charge in [0.1, 0.15) is 5.82 Å². The van der Waals surface area contributed by atoms with Gasteiger partial charge in [-0.3, -0.25) is 4.79 Å². The lowest BCUT2D eigenvalue weighted by Crippen LogP contribution is -2.41. The third-order valence-electron chi connectivity index (χ3n) is 8.34. The van der Waals surface area contributed by atoms with Gasteiger partial charge in [-0.05, 0) is 42.5 Å². The molecule has 3 fully saturated rings. The molecule has 1 atom stereocenters. The van der Waals surface area contributed by atoms with Crippen LogP contribution in [-0.4, -0.2) is 80.3 Å². The highest BCUT2D eigenvalue weighted by Gasteiger charge is 2.36.